The second-order valence-corrected chi connectivity index (χ2v) is 6.48. The number of hydrogen-bond donors (Lipinski definition) is 1. The van der Waals surface area contributed by atoms with Gasteiger partial charge in [0.1, 0.15) is 5.82 Å². The van der Waals surface area contributed by atoms with Gasteiger partial charge in [-0.2, -0.15) is 0 Å². The third-order valence-corrected chi connectivity index (χ3v) is 4.89. The minimum Gasteiger partial charge on any atom is -0.337 e. The fourth-order valence-electron chi connectivity index (χ4n) is 2.76. The first-order valence-electron chi connectivity index (χ1n) is 7.44. The van der Waals surface area contributed by atoms with E-state index in [0.29, 0.717) is 6.04 Å². The van der Waals surface area contributed by atoms with Crippen molar-refractivity contribution in [2.45, 2.75) is 10.9 Å². The van der Waals surface area contributed by atoms with Gasteiger partial charge < -0.3 is 9.88 Å². The predicted molar refractivity (Wildman–Crippen MR) is 94.8 cm³/mol. The van der Waals surface area contributed by atoms with Crippen LogP contribution in [0.1, 0.15) is 11.9 Å². The van der Waals surface area contributed by atoms with Gasteiger partial charge in [0, 0.05) is 56.3 Å². The average Bonchev–Trinajstić information content (AvgIpc) is 2.95. The minimum atomic E-state index is 0. The van der Waals surface area contributed by atoms with Crippen LogP contribution < -0.4 is 5.32 Å². The number of thioether (sulfide) groups is 1. The van der Waals surface area contributed by atoms with Gasteiger partial charge in [0.25, 0.3) is 0 Å². The van der Waals surface area contributed by atoms with E-state index in [-0.39, 0.29) is 12.4 Å². The molecule has 0 amide bonds. The van der Waals surface area contributed by atoms with E-state index >= 15 is 0 Å². The molecule has 0 spiro atoms. The molecule has 120 valence electrons. The number of aromatic nitrogens is 2. The van der Waals surface area contributed by atoms with Crippen molar-refractivity contribution in [2.75, 3.05) is 31.9 Å². The number of hydrogen-bond acceptors (Lipinski definition) is 4. The molecule has 2 heterocycles. The van der Waals surface area contributed by atoms with Crippen LogP contribution in [-0.2, 0) is 7.05 Å². The zero-order chi connectivity index (χ0) is 14.5. The number of rotatable bonds is 5. The molecule has 1 aliphatic rings. The Morgan fingerprint density at radius 2 is 2.14 bits per heavy atom. The molecule has 0 aliphatic carbocycles. The molecule has 1 aliphatic heterocycles. The number of aryl methyl sites for hydroxylation is 1. The third-order valence-electron chi connectivity index (χ3n) is 3.90. The van der Waals surface area contributed by atoms with Crippen molar-refractivity contribution in [2.24, 2.45) is 7.05 Å². The highest BCUT2D eigenvalue weighted by Crippen LogP contribution is 2.22. The van der Waals surface area contributed by atoms with Crippen molar-refractivity contribution >= 4 is 24.2 Å². The Kier molecular flexibility index (Phi) is 6.76. The van der Waals surface area contributed by atoms with Crippen LogP contribution >= 0.6 is 24.2 Å². The summed E-state index contributed by atoms with van der Waals surface area (Å²) in [4.78, 5) is 8.43. The first-order chi connectivity index (χ1) is 10.3. The topological polar surface area (TPSA) is 33.1 Å². The van der Waals surface area contributed by atoms with Crippen molar-refractivity contribution < 1.29 is 0 Å². The van der Waals surface area contributed by atoms with Crippen LogP contribution in [0.2, 0.25) is 0 Å². The summed E-state index contributed by atoms with van der Waals surface area (Å²) in [6, 6.07) is 11.0. The lowest BCUT2D eigenvalue weighted by molar-refractivity contribution is 0.163. The van der Waals surface area contributed by atoms with E-state index in [0.717, 1.165) is 37.8 Å². The van der Waals surface area contributed by atoms with Crippen molar-refractivity contribution in [3.05, 3.63) is 48.5 Å². The molecule has 2 aromatic rings. The van der Waals surface area contributed by atoms with E-state index in [1.165, 1.54) is 4.90 Å². The van der Waals surface area contributed by atoms with Gasteiger partial charge in [-0.25, -0.2) is 4.98 Å². The molecule has 0 bridgehead atoms. The molecular formula is C16H23ClN4S. The second kappa shape index (κ2) is 8.58. The largest absolute Gasteiger partial charge is 0.337 e. The molecule has 1 atom stereocenters. The van der Waals surface area contributed by atoms with E-state index < -0.39 is 0 Å². The Bertz CT molecular complexity index is 560. The number of benzene rings is 1. The molecule has 3 rings (SSSR count). The molecular weight excluding hydrogens is 316 g/mol. The van der Waals surface area contributed by atoms with Gasteiger partial charge >= 0.3 is 0 Å². The van der Waals surface area contributed by atoms with Crippen LogP contribution in [0.3, 0.4) is 0 Å². The van der Waals surface area contributed by atoms with E-state index in [1.807, 2.05) is 24.2 Å². The summed E-state index contributed by atoms with van der Waals surface area (Å²) in [5, 5.41) is 3.49. The van der Waals surface area contributed by atoms with Gasteiger partial charge in [0.15, 0.2) is 0 Å². The van der Waals surface area contributed by atoms with Gasteiger partial charge in [0.05, 0.1) is 6.04 Å². The molecule has 1 unspecified atom stereocenters. The number of halogens is 1. The van der Waals surface area contributed by atoms with Crippen LogP contribution in [0.5, 0.6) is 0 Å². The Morgan fingerprint density at radius 1 is 1.32 bits per heavy atom. The van der Waals surface area contributed by atoms with E-state index in [4.69, 9.17) is 0 Å². The van der Waals surface area contributed by atoms with E-state index in [9.17, 15) is 0 Å². The zero-order valence-corrected chi connectivity index (χ0v) is 14.4. The highest BCUT2D eigenvalue weighted by molar-refractivity contribution is 7.99. The van der Waals surface area contributed by atoms with Gasteiger partial charge in [-0.05, 0) is 12.1 Å². The Balaban J connectivity index is 0.00000176. The quantitative estimate of drug-likeness (QED) is 0.849. The highest BCUT2D eigenvalue weighted by Gasteiger charge is 2.26. The van der Waals surface area contributed by atoms with E-state index in [1.54, 1.807) is 0 Å². The van der Waals surface area contributed by atoms with Crippen LogP contribution in [0, 0.1) is 0 Å². The Hall–Kier alpha value is -1.01. The van der Waals surface area contributed by atoms with Crippen LogP contribution in [0.15, 0.2) is 47.6 Å². The maximum atomic E-state index is 4.53. The second-order valence-electron chi connectivity index (χ2n) is 5.31. The summed E-state index contributed by atoms with van der Waals surface area (Å²) >= 11 is 1.93. The molecule has 4 nitrogen and oxygen atoms in total. The zero-order valence-electron chi connectivity index (χ0n) is 12.8. The van der Waals surface area contributed by atoms with E-state index in [2.05, 4.69) is 57.1 Å². The van der Waals surface area contributed by atoms with Crippen LogP contribution in [0.4, 0.5) is 0 Å². The van der Waals surface area contributed by atoms with Gasteiger partial charge in [-0.3, -0.25) is 4.90 Å². The third kappa shape index (κ3) is 4.26. The van der Waals surface area contributed by atoms with Crippen molar-refractivity contribution in [3.8, 4) is 0 Å². The SMILES string of the molecule is Cl.Cn1ccnc1C1CNCCN1CCSc1ccccc1. The molecule has 0 saturated carbocycles. The molecule has 1 aromatic heterocycles. The summed E-state index contributed by atoms with van der Waals surface area (Å²) in [6.45, 7) is 4.24. The molecule has 1 N–H and O–H groups in total. The first kappa shape index (κ1) is 17.3. The number of nitrogens with zero attached hydrogens (tertiary/aromatic N) is 3. The van der Waals surface area contributed by atoms with Gasteiger partial charge in [-0.1, -0.05) is 18.2 Å². The summed E-state index contributed by atoms with van der Waals surface area (Å²) in [6.07, 6.45) is 3.92. The summed E-state index contributed by atoms with van der Waals surface area (Å²) < 4.78 is 2.13. The fraction of sp³-hybridized carbons (Fsp3) is 0.438. The average molecular weight is 339 g/mol. The fourth-order valence-corrected chi connectivity index (χ4v) is 3.68. The molecule has 6 heteroatoms. The number of piperazine rings is 1. The highest BCUT2D eigenvalue weighted by atomic mass is 35.5. The van der Waals surface area contributed by atoms with Gasteiger partial charge in [0.2, 0.25) is 0 Å². The Labute approximate surface area is 142 Å². The van der Waals surface area contributed by atoms with Crippen molar-refractivity contribution in [3.63, 3.8) is 0 Å². The van der Waals surface area contributed by atoms with Crippen LogP contribution in [0.25, 0.3) is 0 Å². The van der Waals surface area contributed by atoms with Crippen LogP contribution in [-0.4, -0.2) is 46.4 Å². The molecule has 22 heavy (non-hydrogen) atoms. The summed E-state index contributed by atoms with van der Waals surface area (Å²) in [7, 11) is 2.08. The monoisotopic (exact) mass is 338 g/mol. The lowest BCUT2D eigenvalue weighted by atomic mass is 10.2. The molecule has 1 fully saturated rings. The molecule has 1 saturated heterocycles. The van der Waals surface area contributed by atoms with Crippen molar-refractivity contribution in [1.82, 2.24) is 19.8 Å². The number of imidazole rings is 1. The lowest BCUT2D eigenvalue weighted by Gasteiger charge is -2.35. The summed E-state index contributed by atoms with van der Waals surface area (Å²) in [5.74, 6) is 2.28. The number of nitrogens with one attached hydrogen (secondary N) is 1. The predicted octanol–water partition coefficient (Wildman–Crippen LogP) is 2.58. The smallest absolute Gasteiger partial charge is 0.127 e. The Morgan fingerprint density at radius 3 is 2.86 bits per heavy atom. The maximum absolute atomic E-state index is 4.53. The molecule has 0 radical (unpaired) electrons. The first-order valence-corrected chi connectivity index (χ1v) is 8.43. The normalized spacial score (nSPS) is 18.9. The van der Waals surface area contributed by atoms with Crippen molar-refractivity contribution in [1.29, 1.82) is 0 Å². The van der Waals surface area contributed by atoms with Gasteiger partial charge in [-0.15, -0.1) is 24.2 Å². The summed E-state index contributed by atoms with van der Waals surface area (Å²) in [5.41, 5.74) is 0. The maximum Gasteiger partial charge on any atom is 0.127 e. The minimum absolute atomic E-state index is 0. The lowest BCUT2D eigenvalue weighted by Crippen LogP contribution is -2.47. The standard InChI is InChI=1S/C16H22N4S.ClH/c1-19-9-8-18-16(19)15-13-17-7-10-20(15)11-12-21-14-5-3-2-4-6-14;/h2-6,8-9,15,17H,7,10-13H2,1H3;1H. The molecule has 1 aromatic carbocycles.